The third-order valence-electron chi connectivity index (χ3n) is 5.89. The second-order valence-corrected chi connectivity index (χ2v) is 10.3. The zero-order valence-corrected chi connectivity index (χ0v) is 23.9. The number of phosphoric ester groups is 1. The molecule has 2 saturated heterocycles. The summed E-state index contributed by atoms with van der Waals surface area (Å²) in [7, 11) is -4.73. The van der Waals surface area contributed by atoms with Gasteiger partial charge < -0.3 is 62.0 Å². The predicted octanol–water partition coefficient (Wildman–Crippen LogP) is -7.00. The van der Waals surface area contributed by atoms with Crippen LogP contribution in [0.3, 0.4) is 0 Å². The van der Waals surface area contributed by atoms with Gasteiger partial charge in [0.25, 0.3) is 17.7 Å². The summed E-state index contributed by atoms with van der Waals surface area (Å²) in [5, 5.41) is 60.7. The van der Waals surface area contributed by atoms with Crippen molar-refractivity contribution in [1.29, 1.82) is 0 Å². The Morgan fingerprint density at radius 1 is 0.826 bits per heavy atom. The Morgan fingerprint density at radius 2 is 1.30 bits per heavy atom. The molecule has 2 aliphatic rings. The Labute approximate surface area is 255 Å². The van der Waals surface area contributed by atoms with Crippen molar-refractivity contribution in [2.75, 3.05) is 13.2 Å². The molecule has 0 aromatic carbocycles. The lowest BCUT2D eigenvalue weighted by Crippen LogP contribution is -2.33. The second-order valence-electron chi connectivity index (χ2n) is 9.08. The van der Waals surface area contributed by atoms with E-state index in [1.54, 1.807) is 0 Å². The van der Waals surface area contributed by atoms with Crippen LogP contribution in [-0.4, -0.2) is 148 Å². The third-order valence-corrected chi connectivity index (χ3v) is 6.37. The van der Waals surface area contributed by atoms with E-state index in [4.69, 9.17) is 41.6 Å². The Morgan fingerprint density at radius 3 is 1.63 bits per heavy atom. The van der Waals surface area contributed by atoms with Crippen molar-refractivity contribution < 1.29 is 68.3 Å². The van der Waals surface area contributed by atoms with E-state index in [1.807, 2.05) is 0 Å². The fourth-order valence-electron chi connectivity index (χ4n) is 3.70. The molecule has 8 atom stereocenters. The Kier molecular flexibility index (Phi) is 12.0. The average Bonchev–Trinajstić information content (AvgIpc) is 3.82. The highest BCUT2D eigenvalue weighted by Gasteiger charge is 2.45. The van der Waals surface area contributed by atoms with Gasteiger partial charge >= 0.3 is 7.82 Å². The van der Waals surface area contributed by atoms with Gasteiger partial charge in [-0.15, -0.1) is 10.2 Å². The summed E-state index contributed by atoms with van der Waals surface area (Å²) in [5.41, 5.74) is 14.7. The topological polar surface area (TPSA) is 419 Å². The summed E-state index contributed by atoms with van der Waals surface area (Å²) in [6.07, 6.45) is -6.31. The molecule has 3 aromatic rings. The second kappa shape index (κ2) is 15.3. The van der Waals surface area contributed by atoms with Crippen molar-refractivity contribution in [3.8, 4) is 0 Å². The first kappa shape index (κ1) is 36.1. The minimum atomic E-state index is -4.73. The fraction of sp³-hybridized carbons (Fsp3) is 0.526. The molecule has 254 valence electrons. The predicted molar refractivity (Wildman–Crippen MR) is 139 cm³/mol. The number of carbonyl (C=O) groups is 3. The van der Waals surface area contributed by atoms with Crippen molar-refractivity contribution in [2.24, 2.45) is 17.2 Å². The van der Waals surface area contributed by atoms with E-state index in [0.29, 0.717) is 0 Å². The summed E-state index contributed by atoms with van der Waals surface area (Å²) >= 11 is 0. The number of hydrogen-bond donors (Lipinski definition) is 11. The summed E-state index contributed by atoms with van der Waals surface area (Å²) in [6, 6.07) is 0. The SMILES string of the molecule is NC(=O)c1ncn([C@@H]2O[C@H](CO)[C@@H](O)[C@H]2O)n1.NC(=O)c1ncn([C@@H]2O[C@H](COP(=O)(O)O)[C@@H](O)[C@H]2O)n1.NC(=O)c1ncn[nH]1. The lowest BCUT2D eigenvalue weighted by molar-refractivity contribution is -0.0588. The number of hydrogen-bond acceptors (Lipinski definition) is 18. The maximum Gasteiger partial charge on any atom is 0.469 e. The molecule has 46 heavy (non-hydrogen) atoms. The minimum Gasteiger partial charge on any atom is -0.394 e. The highest BCUT2D eigenvalue weighted by molar-refractivity contribution is 7.46. The Balaban J connectivity index is 0.000000205. The van der Waals surface area contributed by atoms with Gasteiger partial charge in [0.05, 0.1) is 13.2 Å². The Hall–Kier alpha value is -4.34. The molecule has 5 rings (SSSR count). The van der Waals surface area contributed by atoms with Crippen LogP contribution in [0.25, 0.3) is 0 Å². The van der Waals surface area contributed by atoms with Crippen LogP contribution in [0.4, 0.5) is 0 Å². The highest BCUT2D eigenvalue weighted by atomic mass is 31.2. The molecule has 0 unspecified atom stereocenters. The first-order chi connectivity index (χ1) is 21.5. The molecule has 26 nitrogen and oxygen atoms in total. The van der Waals surface area contributed by atoms with E-state index in [-0.39, 0.29) is 17.5 Å². The van der Waals surface area contributed by atoms with Gasteiger partial charge in [-0.05, 0) is 0 Å². The van der Waals surface area contributed by atoms with E-state index in [0.717, 1.165) is 22.0 Å². The minimum absolute atomic E-state index is 0.0880. The van der Waals surface area contributed by atoms with E-state index in [1.165, 1.54) is 6.33 Å². The summed E-state index contributed by atoms with van der Waals surface area (Å²) < 4.78 is 27.2. The normalized spacial score (nSPS) is 27.3. The summed E-state index contributed by atoms with van der Waals surface area (Å²) in [4.78, 5) is 59.7. The van der Waals surface area contributed by atoms with Crippen LogP contribution in [0.5, 0.6) is 0 Å². The maximum absolute atomic E-state index is 10.9. The number of carbonyl (C=O) groups excluding carboxylic acids is 3. The fourth-order valence-corrected chi connectivity index (χ4v) is 4.04. The average molecular weight is 680 g/mol. The highest BCUT2D eigenvalue weighted by Crippen LogP contribution is 2.38. The molecule has 14 N–H and O–H groups in total. The number of nitrogens with two attached hydrogens (primary N) is 3. The van der Waals surface area contributed by atoms with Crippen LogP contribution < -0.4 is 17.2 Å². The lowest BCUT2D eigenvalue weighted by atomic mass is 10.1. The largest absolute Gasteiger partial charge is 0.469 e. The van der Waals surface area contributed by atoms with E-state index in [2.05, 4.69) is 39.9 Å². The third kappa shape index (κ3) is 9.11. The zero-order valence-electron chi connectivity index (χ0n) is 23.0. The van der Waals surface area contributed by atoms with Gasteiger partial charge in [0.1, 0.15) is 55.6 Å². The monoisotopic (exact) mass is 680 g/mol. The molecule has 5 heterocycles. The molecule has 0 bridgehead atoms. The first-order valence-corrected chi connectivity index (χ1v) is 14.0. The molecule has 0 spiro atoms. The molecular formula is C19H29N12O14P. The van der Waals surface area contributed by atoms with Crippen molar-refractivity contribution in [3.05, 3.63) is 36.5 Å². The number of aromatic nitrogens is 9. The number of aliphatic hydroxyl groups excluding tert-OH is 5. The van der Waals surface area contributed by atoms with Gasteiger partial charge in [-0.1, -0.05) is 0 Å². The molecule has 27 heteroatoms. The zero-order chi connectivity index (χ0) is 34.3. The van der Waals surface area contributed by atoms with Gasteiger partial charge in [0.15, 0.2) is 12.5 Å². The molecular weight excluding hydrogens is 651 g/mol. The number of primary amides is 3. The van der Waals surface area contributed by atoms with Gasteiger partial charge in [-0.2, -0.15) is 5.10 Å². The van der Waals surface area contributed by atoms with Gasteiger partial charge in [-0.25, -0.2) is 28.9 Å². The van der Waals surface area contributed by atoms with Crippen molar-refractivity contribution >= 4 is 25.5 Å². The van der Waals surface area contributed by atoms with E-state index < -0.39 is 87.8 Å². The first-order valence-electron chi connectivity index (χ1n) is 12.4. The van der Waals surface area contributed by atoms with Crippen molar-refractivity contribution in [3.63, 3.8) is 0 Å². The molecule has 0 aliphatic carbocycles. The van der Waals surface area contributed by atoms with Gasteiger partial charge in [-0.3, -0.25) is 24.0 Å². The number of ether oxygens (including phenoxy) is 2. The smallest absolute Gasteiger partial charge is 0.394 e. The number of phosphoric acid groups is 1. The molecule has 2 aliphatic heterocycles. The number of H-pyrrole nitrogens is 1. The lowest BCUT2D eigenvalue weighted by Gasteiger charge is -2.14. The van der Waals surface area contributed by atoms with Crippen molar-refractivity contribution in [2.45, 2.75) is 49.1 Å². The summed E-state index contributed by atoms with van der Waals surface area (Å²) in [5.74, 6) is -2.73. The van der Waals surface area contributed by atoms with E-state index in [9.17, 15) is 39.4 Å². The molecule has 0 radical (unpaired) electrons. The summed E-state index contributed by atoms with van der Waals surface area (Å²) in [6.45, 7) is -1.08. The van der Waals surface area contributed by atoms with Crippen molar-refractivity contribution in [1.82, 2.24) is 44.7 Å². The number of amides is 3. The van der Waals surface area contributed by atoms with Crippen LogP contribution in [0.1, 0.15) is 44.3 Å². The van der Waals surface area contributed by atoms with Crippen LogP contribution in [0.15, 0.2) is 19.0 Å². The molecule has 2 fully saturated rings. The number of nitrogens with zero attached hydrogens (tertiary/aromatic N) is 8. The molecule has 3 aromatic heterocycles. The molecule has 0 saturated carbocycles. The number of aromatic amines is 1. The Bertz CT molecular complexity index is 1510. The quantitative estimate of drug-likeness (QED) is 0.0935. The number of aliphatic hydroxyl groups is 5. The van der Waals surface area contributed by atoms with Gasteiger partial charge in [0.2, 0.25) is 17.5 Å². The molecule has 3 amide bonds. The number of rotatable bonds is 9. The van der Waals surface area contributed by atoms with Crippen LogP contribution in [0, 0.1) is 0 Å². The van der Waals surface area contributed by atoms with E-state index >= 15 is 0 Å². The van der Waals surface area contributed by atoms with Crippen LogP contribution in [-0.2, 0) is 18.6 Å². The van der Waals surface area contributed by atoms with Crippen LogP contribution >= 0.6 is 7.82 Å². The standard InChI is InChI=1S/C8H13N4O8P.C8H12N4O5.C3H4N4O/c9-6(15)7-10-2-12(11-7)8-5(14)4(13)3(20-8)1-19-21(16,17)18;9-6(16)7-10-2-12(11-7)8-5(15)4(14)3(1-13)17-8;4-2(8)3-5-1-6-7-3/h2-5,8,13-14H,1H2,(H2,9,15)(H2,16,17,18);2-5,8,13-15H,1H2,(H2,9,16);1H,(H2,4,8)(H,5,6,7)/t2*3-,4-,5-,8-;/m11./s1. The van der Waals surface area contributed by atoms with Gasteiger partial charge in [0, 0.05) is 0 Å². The maximum atomic E-state index is 10.9. The number of nitrogens with one attached hydrogen (secondary N) is 1. The van der Waals surface area contributed by atoms with Crippen LogP contribution in [0.2, 0.25) is 0 Å².